The van der Waals surface area contributed by atoms with Crippen LogP contribution in [0.3, 0.4) is 0 Å². The van der Waals surface area contributed by atoms with Gasteiger partial charge in [0.15, 0.2) is 5.96 Å². The molecule has 0 amide bonds. The Kier molecular flexibility index (Phi) is 5.86. The molecule has 0 unspecified atom stereocenters. The summed E-state index contributed by atoms with van der Waals surface area (Å²) in [4.78, 5) is 4.37. The molecule has 2 aromatic carbocycles. The Balaban J connectivity index is 1.56. The number of rotatable bonds is 6. The van der Waals surface area contributed by atoms with Crippen LogP contribution < -0.4 is 11.1 Å². The van der Waals surface area contributed by atoms with Crippen LogP contribution in [0.4, 0.5) is 10.1 Å². The first kappa shape index (κ1) is 18.6. The van der Waals surface area contributed by atoms with Crippen molar-refractivity contribution >= 4 is 11.6 Å². The van der Waals surface area contributed by atoms with Crippen molar-refractivity contribution in [2.45, 2.75) is 26.2 Å². The van der Waals surface area contributed by atoms with Crippen molar-refractivity contribution < 1.29 is 4.39 Å². The molecule has 0 radical (unpaired) electrons. The average molecular weight is 365 g/mol. The molecule has 0 aliphatic heterocycles. The average Bonchev–Trinajstić information content (AvgIpc) is 3.11. The van der Waals surface area contributed by atoms with Crippen LogP contribution in [-0.4, -0.2) is 22.3 Å². The van der Waals surface area contributed by atoms with Gasteiger partial charge in [0.2, 0.25) is 0 Å². The number of guanidine groups is 1. The smallest absolute Gasteiger partial charge is 0.193 e. The zero-order chi connectivity index (χ0) is 19.2. The number of nitrogens with one attached hydrogen (secondary N) is 1. The van der Waals surface area contributed by atoms with Gasteiger partial charge in [0, 0.05) is 24.8 Å². The lowest BCUT2D eigenvalue weighted by atomic mass is 10.0. The van der Waals surface area contributed by atoms with Crippen molar-refractivity contribution in [2.24, 2.45) is 10.7 Å². The Hall–Kier alpha value is -3.15. The van der Waals surface area contributed by atoms with Crippen molar-refractivity contribution in [2.75, 3.05) is 11.9 Å². The molecule has 3 rings (SSSR count). The summed E-state index contributed by atoms with van der Waals surface area (Å²) >= 11 is 0. The third-order valence-electron chi connectivity index (χ3n) is 4.21. The first-order valence-electron chi connectivity index (χ1n) is 8.98. The molecule has 3 N–H and O–H groups in total. The molecule has 0 atom stereocenters. The highest BCUT2D eigenvalue weighted by Gasteiger charge is 2.03. The lowest BCUT2D eigenvalue weighted by Crippen LogP contribution is -2.23. The number of anilines is 1. The Bertz CT molecular complexity index is 912. The molecular weight excluding hydrogens is 341 g/mol. The number of hydrogen-bond donors (Lipinski definition) is 2. The fourth-order valence-electron chi connectivity index (χ4n) is 2.69. The van der Waals surface area contributed by atoms with Gasteiger partial charge in [-0.1, -0.05) is 26.0 Å². The van der Waals surface area contributed by atoms with Gasteiger partial charge in [-0.2, -0.15) is 5.10 Å². The standard InChI is InChI=1S/C21H24FN5/c1-15(2)16-4-3-5-19(14-16)25-21(23)24-12-10-18-11-13-27(26-18)20-8-6-17(22)7-9-20/h3-9,11,13-15H,10,12H2,1-2H3,(H3,23,24,25). The van der Waals surface area contributed by atoms with Gasteiger partial charge in [0.05, 0.1) is 11.4 Å². The van der Waals surface area contributed by atoms with Gasteiger partial charge in [-0.3, -0.25) is 4.99 Å². The molecule has 0 aliphatic rings. The third-order valence-corrected chi connectivity index (χ3v) is 4.21. The Morgan fingerprint density at radius 3 is 2.70 bits per heavy atom. The minimum Gasteiger partial charge on any atom is -0.370 e. The zero-order valence-electron chi connectivity index (χ0n) is 15.6. The molecule has 0 spiro atoms. The Labute approximate surface area is 158 Å². The fourth-order valence-corrected chi connectivity index (χ4v) is 2.69. The van der Waals surface area contributed by atoms with Gasteiger partial charge < -0.3 is 11.1 Å². The summed E-state index contributed by atoms with van der Waals surface area (Å²) in [5.41, 5.74) is 9.88. The molecule has 5 nitrogen and oxygen atoms in total. The second kappa shape index (κ2) is 8.49. The highest BCUT2D eigenvalue weighted by Crippen LogP contribution is 2.18. The molecule has 0 fully saturated rings. The maximum absolute atomic E-state index is 13.0. The van der Waals surface area contributed by atoms with Crippen LogP contribution in [0.15, 0.2) is 65.8 Å². The van der Waals surface area contributed by atoms with Crippen LogP contribution in [0, 0.1) is 5.82 Å². The number of nitrogens with two attached hydrogens (primary N) is 1. The van der Waals surface area contributed by atoms with Crippen LogP contribution in [-0.2, 0) is 6.42 Å². The van der Waals surface area contributed by atoms with Gasteiger partial charge in [0.25, 0.3) is 0 Å². The summed E-state index contributed by atoms with van der Waals surface area (Å²) in [5.74, 6) is 0.581. The van der Waals surface area contributed by atoms with E-state index in [9.17, 15) is 4.39 Å². The molecule has 0 saturated heterocycles. The lowest BCUT2D eigenvalue weighted by Gasteiger charge is -2.09. The SMILES string of the molecule is CC(C)c1cccc(NC(N)=NCCc2ccn(-c3ccc(F)cc3)n2)c1. The number of hydrogen-bond acceptors (Lipinski definition) is 2. The van der Waals surface area contributed by atoms with Crippen LogP contribution in [0.1, 0.15) is 31.0 Å². The largest absolute Gasteiger partial charge is 0.370 e. The topological polar surface area (TPSA) is 68.2 Å². The van der Waals surface area contributed by atoms with E-state index in [1.165, 1.54) is 17.7 Å². The summed E-state index contributed by atoms with van der Waals surface area (Å²) in [5, 5.41) is 7.61. The van der Waals surface area contributed by atoms with E-state index in [0.29, 0.717) is 24.8 Å². The monoisotopic (exact) mass is 365 g/mol. The van der Waals surface area contributed by atoms with E-state index in [0.717, 1.165) is 17.1 Å². The predicted molar refractivity (Wildman–Crippen MR) is 108 cm³/mol. The predicted octanol–water partition coefficient (Wildman–Crippen LogP) is 4.10. The number of halogens is 1. The van der Waals surface area contributed by atoms with Crippen LogP contribution >= 0.6 is 0 Å². The first-order valence-corrected chi connectivity index (χ1v) is 8.98. The number of aromatic nitrogens is 2. The van der Waals surface area contributed by atoms with Crippen molar-refractivity contribution in [3.05, 3.63) is 77.9 Å². The summed E-state index contributed by atoms with van der Waals surface area (Å²) < 4.78 is 14.7. The van der Waals surface area contributed by atoms with E-state index < -0.39 is 0 Å². The molecule has 0 saturated carbocycles. The molecule has 3 aromatic rings. The van der Waals surface area contributed by atoms with Gasteiger partial charge >= 0.3 is 0 Å². The lowest BCUT2D eigenvalue weighted by molar-refractivity contribution is 0.627. The third kappa shape index (κ3) is 5.17. The molecular formula is C21H24FN5. The van der Waals surface area contributed by atoms with Crippen LogP contribution in [0.5, 0.6) is 0 Å². The van der Waals surface area contributed by atoms with E-state index in [1.807, 2.05) is 24.4 Å². The summed E-state index contributed by atoms with van der Waals surface area (Å²) in [7, 11) is 0. The van der Waals surface area contributed by atoms with Crippen molar-refractivity contribution in [1.82, 2.24) is 9.78 Å². The first-order chi connectivity index (χ1) is 13.0. The molecule has 27 heavy (non-hydrogen) atoms. The minimum atomic E-state index is -0.262. The van der Waals surface area contributed by atoms with Gasteiger partial charge in [-0.25, -0.2) is 9.07 Å². The highest BCUT2D eigenvalue weighted by molar-refractivity contribution is 5.92. The van der Waals surface area contributed by atoms with E-state index in [4.69, 9.17) is 5.73 Å². The number of nitrogens with zero attached hydrogens (tertiary/aromatic N) is 3. The van der Waals surface area contributed by atoms with Gasteiger partial charge in [0.1, 0.15) is 5.82 Å². The zero-order valence-corrected chi connectivity index (χ0v) is 15.6. The number of aliphatic imine (C=N–C) groups is 1. The molecule has 1 heterocycles. The summed E-state index contributed by atoms with van der Waals surface area (Å²) in [6, 6.07) is 16.3. The van der Waals surface area contributed by atoms with Crippen molar-refractivity contribution in [1.29, 1.82) is 0 Å². The van der Waals surface area contributed by atoms with Crippen molar-refractivity contribution in [3.63, 3.8) is 0 Å². The second-order valence-electron chi connectivity index (χ2n) is 6.65. The van der Waals surface area contributed by atoms with Gasteiger partial charge in [-0.15, -0.1) is 0 Å². The fraction of sp³-hybridized carbons (Fsp3) is 0.238. The summed E-state index contributed by atoms with van der Waals surface area (Å²) in [6.45, 7) is 4.84. The molecule has 6 heteroatoms. The molecule has 1 aromatic heterocycles. The number of benzene rings is 2. The summed E-state index contributed by atoms with van der Waals surface area (Å²) in [6.07, 6.45) is 2.52. The van der Waals surface area contributed by atoms with E-state index in [2.05, 4.69) is 41.4 Å². The second-order valence-corrected chi connectivity index (χ2v) is 6.65. The van der Waals surface area contributed by atoms with E-state index in [-0.39, 0.29) is 5.82 Å². The van der Waals surface area contributed by atoms with Crippen LogP contribution in [0.2, 0.25) is 0 Å². The Morgan fingerprint density at radius 2 is 1.96 bits per heavy atom. The minimum absolute atomic E-state index is 0.262. The quantitative estimate of drug-likeness (QED) is 0.510. The maximum Gasteiger partial charge on any atom is 0.193 e. The molecule has 140 valence electrons. The van der Waals surface area contributed by atoms with E-state index in [1.54, 1.807) is 16.8 Å². The van der Waals surface area contributed by atoms with Crippen molar-refractivity contribution in [3.8, 4) is 5.69 Å². The normalized spacial score (nSPS) is 11.8. The maximum atomic E-state index is 13.0. The molecule has 0 aliphatic carbocycles. The Morgan fingerprint density at radius 1 is 1.19 bits per heavy atom. The van der Waals surface area contributed by atoms with Crippen LogP contribution in [0.25, 0.3) is 5.69 Å². The molecule has 0 bridgehead atoms. The van der Waals surface area contributed by atoms with Gasteiger partial charge in [-0.05, 0) is 53.9 Å². The highest BCUT2D eigenvalue weighted by atomic mass is 19.1. The van der Waals surface area contributed by atoms with E-state index >= 15 is 0 Å².